The first-order valence-electron chi connectivity index (χ1n) is 4.31. The van der Waals surface area contributed by atoms with Crippen molar-refractivity contribution in [2.24, 2.45) is 11.1 Å². The van der Waals surface area contributed by atoms with E-state index in [2.05, 4.69) is 4.72 Å². The van der Waals surface area contributed by atoms with Gasteiger partial charge in [0, 0.05) is 6.04 Å². The summed E-state index contributed by atoms with van der Waals surface area (Å²) in [6, 6.07) is 0.0347. The molecule has 0 heterocycles. The zero-order valence-electron chi connectivity index (χ0n) is 7.29. The highest BCUT2D eigenvalue weighted by Gasteiger charge is 2.25. The smallest absolute Gasteiger partial charge is 0.216 e. The Bertz CT molecular complexity index is 234. The van der Waals surface area contributed by atoms with Gasteiger partial charge in [0.05, 0.1) is 0 Å². The third-order valence-corrected chi connectivity index (χ3v) is 2.80. The summed E-state index contributed by atoms with van der Waals surface area (Å²) in [5, 5.41) is 4.87. The molecule has 12 heavy (non-hydrogen) atoms. The highest BCUT2D eigenvalue weighted by atomic mass is 32.2. The fourth-order valence-corrected chi connectivity index (χ4v) is 2.01. The van der Waals surface area contributed by atoms with Crippen LogP contribution >= 0.6 is 0 Å². The van der Waals surface area contributed by atoms with E-state index in [-0.39, 0.29) is 6.04 Å². The molecule has 1 aliphatic carbocycles. The quantitative estimate of drug-likeness (QED) is 0.660. The summed E-state index contributed by atoms with van der Waals surface area (Å²) in [7, 11) is -3.50. The standard InChI is InChI=1S/C7H16N2O2S/c1-2-7(5-6-3-4-6)9-12(8,10)11/h6-7,9H,2-5H2,1H3,(H2,8,10,11). The van der Waals surface area contributed by atoms with E-state index in [0.717, 1.165) is 18.8 Å². The lowest BCUT2D eigenvalue weighted by atomic mass is 10.1. The molecule has 0 bridgehead atoms. The molecule has 72 valence electrons. The van der Waals surface area contributed by atoms with Crippen LogP contribution in [-0.4, -0.2) is 14.5 Å². The molecule has 0 spiro atoms. The first-order valence-corrected chi connectivity index (χ1v) is 5.86. The molecule has 1 atom stereocenters. The Hall–Kier alpha value is -0.130. The van der Waals surface area contributed by atoms with Gasteiger partial charge in [0.1, 0.15) is 0 Å². The molecule has 0 aromatic heterocycles. The van der Waals surface area contributed by atoms with E-state index in [9.17, 15) is 8.42 Å². The molecular weight excluding hydrogens is 176 g/mol. The van der Waals surface area contributed by atoms with Gasteiger partial charge in [-0.1, -0.05) is 19.8 Å². The molecule has 5 heteroatoms. The van der Waals surface area contributed by atoms with Crippen LogP contribution in [0.2, 0.25) is 0 Å². The van der Waals surface area contributed by atoms with Gasteiger partial charge in [0.25, 0.3) is 10.2 Å². The third-order valence-electron chi connectivity index (χ3n) is 2.14. The van der Waals surface area contributed by atoms with Crippen LogP contribution in [0, 0.1) is 5.92 Å². The van der Waals surface area contributed by atoms with Gasteiger partial charge < -0.3 is 0 Å². The molecule has 1 fully saturated rings. The normalized spacial score (nSPS) is 20.8. The van der Waals surface area contributed by atoms with Crippen molar-refractivity contribution in [1.82, 2.24) is 4.72 Å². The maximum Gasteiger partial charge on any atom is 0.274 e. The van der Waals surface area contributed by atoms with Crippen LogP contribution < -0.4 is 9.86 Å². The van der Waals surface area contributed by atoms with Crippen molar-refractivity contribution in [3.05, 3.63) is 0 Å². The van der Waals surface area contributed by atoms with E-state index in [1.54, 1.807) is 0 Å². The minimum Gasteiger partial charge on any atom is -0.216 e. The molecule has 0 amide bonds. The molecule has 3 N–H and O–H groups in total. The van der Waals surface area contributed by atoms with E-state index in [1.165, 1.54) is 12.8 Å². The van der Waals surface area contributed by atoms with E-state index in [0.29, 0.717) is 0 Å². The molecule has 1 aliphatic rings. The Morgan fingerprint density at radius 2 is 2.17 bits per heavy atom. The van der Waals surface area contributed by atoms with Crippen LogP contribution in [0.1, 0.15) is 32.6 Å². The summed E-state index contributed by atoms with van der Waals surface area (Å²) in [6.07, 6.45) is 4.23. The SMILES string of the molecule is CCC(CC1CC1)NS(N)(=O)=O. The lowest BCUT2D eigenvalue weighted by molar-refractivity contribution is 0.496. The first-order chi connectivity index (χ1) is 5.51. The second-order valence-corrected chi connectivity index (χ2v) is 4.77. The summed E-state index contributed by atoms with van der Waals surface area (Å²) in [6.45, 7) is 1.96. The van der Waals surface area contributed by atoms with Crippen LogP contribution in [0.25, 0.3) is 0 Å². The number of nitrogens with one attached hydrogen (secondary N) is 1. The predicted octanol–water partition coefficient (Wildman–Crippen LogP) is 0.358. The van der Waals surface area contributed by atoms with Crippen LogP contribution in [-0.2, 0) is 10.2 Å². The van der Waals surface area contributed by atoms with Crippen molar-refractivity contribution in [3.63, 3.8) is 0 Å². The second kappa shape index (κ2) is 3.72. The summed E-state index contributed by atoms with van der Waals surface area (Å²) in [5.74, 6) is 0.726. The van der Waals surface area contributed by atoms with Crippen LogP contribution in [0.4, 0.5) is 0 Å². The average molecular weight is 192 g/mol. The largest absolute Gasteiger partial charge is 0.274 e. The van der Waals surface area contributed by atoms with Gasteiger partial charge in [0.15, 0.2) is 0 Å². The van der Waals surface area contributed by atoms with Gasteiger partial charge in [-0.3, -0.25) is 0 Å². The van der Waals surface area contributed by atoms with Crippen molar-refractivity contribution < 1.29 is 8.42 Å². The Balaban J connectivity index is 2.33. The minimum absolute atomic E-state index is 0.0347. The Morgan fingerprint density at radius 3 is 2.50 bits per heavy atom. The molecule has 4 nitrogen and oxygen atoms in total. The number of nitrogens with two attached hydrogens (primary N) is 1. The molecule has 1 saturated carbocycles. The van der Waals surface area contributed by atoms with Gasteiger partial charge in [-0.2, -0.15) is 13.1 Å². The van der Waals surface area contributed by atoms with Crippen LogP contribution in [0.3, 0.4) is 0 Å². The summed E-state index contributed by atoms with van der Waals surface area (Å²) in [5.41, 5.74) is 0. The topological polar surface area (TPSA) is 72.2 Å². The first kappa shape index (κ1) is 9.95. The fourth-order valence-electron chi connectivity index (χ4n) is 1.29. The maximum atomic E-state index is 10.7. The summed E-state index contributed by atoms with van der Waals surface area (Å²) < 4.78 is 23.8. The van der Waals surface area contributed by atoms with Gasteiger partial charge in [0.2, 0.25) is 0 Å². The zero-order valence-corrected chi connectivity index (χ0v) is 8.10. The molecular formula is C7H16N2O2S. The predicted molar refractivity (Wildman–Crippen MR) is 47.7 cm³/mol. The molecule has 0 radical (unpaired) electrons. The summed E-state index contributed by atoms with van der Waals surface area (Å²) in [4.78, 5) is 0. The van der Waals surface area contributed by atoms with Crippen molar-refractivity contribution >= 4 is 10.2 Å². The van der Waals surface area contributed by atoms with Crippen molar-refractivity contribution in [3.8, 4) is 0 Å². The van der Waals surface area contributed by atoms with Crippen LogP contribution in [0.15, 0.2) is 0 Å². The van der Waals surface area contributed by atoms with Crippen molar-refractivity contribution in [1.29, 1.82) is 0 Å². The lowest BCUT2D eigenvalue weighted by Crippen LogP contribution is -2.39. The molecule has 0 aromatic carbocycles. The molecule has 1 rings (SSSR count). The maximum absolute atomic E-state index is 10.7. The fraction of sp³-hybridized carbons (Fsp3) is 1.00. The van der Waals surface area contributed by atoms with Gasteiger partial charge in [-0.25, -0.2) is 5.14 Å². The van der Waals surface area contributed by atoms with Gasteiger partial charge in [-0.15, -0.1) is 0 Å². The van der Waals surface area contributed by atoms with E-state index >= 15 is 0 Å². The van der Waals surface area contributed by atoms with E-state index in [4.69, 9.17) is 5.14 Å². The molecule has 0 aliphatic heterocycles. The van der Waals surface area contributed by atoms with Gasteiger partial charge in [-0.05, 0) is 18.8 Å². The summed E-state index contributed by atoms with van der Waals surface area (Å²) >= 11 is 0. The number of hydrogen-bond acceptors (Lipinski definition) is 2. The van der Waals surface area contributed by atoms with Crippen LogP contribution in [0.5, 0.6) is 0 Å². The highest BCUT2D eigenvalue weighted by Crippen LogP contribution is 2.34. The van der Waals surface area contributed by atoms with Crippen molar-refractivity contribution in [2.75, 3.05) is 0 Å². The van der Waals surface area contributed by atoms with Crippen molar-refractivity contribution in [2.45, 2.75) is 38.6 Å². The Kier molecular flexibility index (Phi) is 3.09. The minimum atomic E-state index is -3.50. The highest BCUT2D eigenvalue weighted by molar-refractivity contribution is 7.87. The monoisotopic (exact) mass is 192 g/mol. The molecule has 1 unspecified atom stereocenters. The van der Waals surface area contributed by atoms with Gasteiger partial charge >= 0.3 is 0 Å². The third kappa shape index (κ3) is 4.04. The zero-order chi connectivity index (χ0) is 9.19. The van der Waals surface area contributed by atoms with E-state index in [1.807, 2.05) is 6.92 Å². The number of hydrogen-bond donors (Lipinski definition) is 2. The van der Waals surface area contributed by atoms with E-state index < -0.39 is 10.2 Å². The second-order valence-electron chi connectivity index (χ2n) is 3.45. The lowest BCUT2D eigenvalue weighted by Gasteiger charge is -2.13. The Morgan fingerprint density at radius 1 is 1.58 bits per heavy atom. The molecule has 0 aromatic rings. The number of rotatable bonds is 5. The average Bonchev–Trinajstić information content (AvgIpc) is 2.67. The Labute approximate surface area is 73.7 Å². The molecule has 0 saturated heterocycles.